The first-order valence-corrected chi connectivity index (χ1v) is 16.5. The molecule has 0 N–H and O–H groups in total. The molecule has 0 unspecified atom stereocenters. The topological polar surface area (TPSA) is 29.5 Å². The van der Waals surface area contributed by atoms with Crippen LogP contribution < -0.4 is 4.90 Å². The molecule has 3 aromatic heterocycles. The van der Waals surface area contributed by atoms with Gasteiger partial charge in [-0.1, -0.05) is 88.7 Å². The van der Waals surface area contributed by atoms with E-state index in [1.165, 1.54) is 30.9 Å². The van der Waals surface area contributed by atoms with Gasteiger partial charge in [0.15, 0.2) is 5.58 Å². The Morgan fingerprint density at radius 1 is 0.489 bits per heavy atom. The molecule has 0 atom stereocenters. The van der Waals surface area contributed by atoms with Gasteiger partial charge in [0.2, 0.25) is 0 Å². The number of furan rings is 2. The fourth-order valence-electron chi connectivity index (χ4n) is 6.85. The van der Waals surface area contributed by atoms with E-state index in [0.29, 0.717) is 0 Å². The fraction of sp³-hybridized carbons (Fsp3) is 0. The first-order chi connectivity index (χ1) is 22.2. The molecule has 0 aliphatic heterocycles. The molecule has 0 spiro atoms. The van der Waals surface area contributed by atoms with Crippen molar-refractivity contribution in [2.75, 3.05) is 4.90 Å². The van der Waals surface area contributed by atoms with Crippen LogP contribution >= 0.6 is 27.3 Å². The van der Waals surface area contributed by atoms with E-state index in [-0.39, 0.29) is 0 Å². The standard InChI is InChI=1S/C40H22BrNO2S/c41-24-19-33-29-10-4-6-12-36(29)44-39(33)34(20-24)42(25-14-17-37-31(21-25)28-9-3-5-11-35(28)43-37)26-15-18-38-32(22-26)30-16-13-23-7-1-2-8-27(23)40(30)45-38/h1-22H. The van der Waals surface area contributed by atoms with Crippen molar-refractivity contribution in [3.63, 3.8) is 0 Å². The second-order valence-electron chi connectivity index (χ2n) is 11.5. The molecule has 45 heavy (non-hydrogen) atoms. The molecule has 10 rings (SSSR count). The van der Waals surface area contributed by atoms with Gasteiger partial charge in [-0.15, -0.1) is 11.3 Å². The highest BCUT2D eigenvalue weighted by Crippen LogP contribution is 2.47. The van der Waals surface area contributed by atoms with Gasteiger partial charge in [0.25, 0.3) is 0 Å². The molecule has 0 bridgehead atoms. The Kier molecular flexibility index (Phi) is 5.30. The summed E-state index contributed by atoms with van der Waals surface area (Å²) in [4.78, 5) is 2.32. The van der Waals surface area contributed by atoms with Gasteiger partial charge in [0.1, 0.15) is 16.7 Å². The van der Waals surface area contributed by atoms with Crippen molar-refractivity contribution < 1.29 is 8.83 Å². The molecule has 7 aromatic carbocycles. The molecule has 5 heteroatoms. The number of thiophene rings is 1. The molecule has 0 aliphatic rings. The first kappa shape index (κ1) is 25.2. The number of nitrogens with zero attached hydrogens (tertiary/aromatic N) is 1. The third-order valence-electron chi connectivity index (χ3n) is 8.89. The minimum atomic E-state index is 0.845. The minimum absolute atomic E-state index is 0.845. The third-order valence-corrected chi connectivity index (χ3v) is 10.6. The lowest BCUT2D eigenvalue weighted by Crippen LogP contribution is -2.10. The summed E-state index contributed by atoms with van der Waals surface area (Å²) in [5.74, 6) is 0. The maximum absolute atomic E-state index is 6.62. The van der Waals surface area contributed by atoms with Crippen LogP contribution in [-0.2, 0) is 0 Å². The highest BCUT2D eigenvalue weighted by atomic mass is 79.9. The predicted octanol–water partition coefficient (Wildman–Crippen LogP) is 13.2. The number of hydrogen-bond donors (Lipinski definition) is 0. The largest absolute Gasteiger partial charge is 0.456 e. The molecule has 0 saturated carbocycles. The van der Waals surface area contributed by atoms with E-state index in [9.17, 15) is 0 Å². The molecule has 0 amide bonds. The lowest BCUT2D eigenvalue weighted by atomic mass is 10.0. The average Bonchev–Trinajstić information content (AvgIpc) is 3.76. The summed E-state index contributed by atoms with van der Waals surface area (Å²) in [6.07, 6.45) is 0. The van der Waals surface area contributed by atoms with E-state index in [2.05, 4.69) is 130 Å². The van der Waals surface area contributed by atoms with E-state index in [0.717, 1.165) is 65.4 Å². The van der Waals surface area contributed by atoms with Crippen molar-refractivity contribution in [3.8, 4) is 0 Å². The molecule has 0 fully saturated rings. The van der Waals surface area contributed by atoms with Crippen LogP contribution in [0.1, 0.15) is 0 Å². The maximum Gasteiger partial charge on any atom is 0.159 e. The number of hydrogen-bond acceptors (Lipinski definition) is 4. The summed E-state index contributed by atoms with van der Waals surface area (Å²) in [7, 11) is 0. The Labute approximate surface area is 269 Å². The second-order valence-corrected chi connectivity index (χ2v) is 13.4. The van der Waals surface area contributed by atoms with Crippen LogP contribution in [0.25, 0.3) is 74.8 Å². The van der Waals surface area contributed by atoms with Crippen molar-refractivity contribution >= 4 is 119 Å². The number of rotatable bonds is 3. The zero-order valence-corrected chi connectivity index (χ0v) is 26.2. The Morgan fingerprint density at radius 3 is 2.00 bits per heavy atom. The average molecular weight is 661 g/mol. The molecular weight excluding hydrogens is 638 g/mol. The van der Waals surface area contributed by atoms with Crippen LogP contribution in [0, 0.1) is 0 Å². The molecule has 10 aromatic rings. The monoisotopic (exact) mass is 659 g/mol. The summed E-state index contributed by atoms with van der Waals surface area (Å²) >= 11 is 5.70. The quantitative estimate of drug-likeness (QED) is 0.189. The van der Waals surface area contributed by atoms with E-state index in [1.807, 2.05) is 35.6 Å². The van der Waals surface area contributed by atoms with Crippen LogP contribution in [-0.4, -0.2) is 0 Å². The third kappa shape index (κ3) is 3.75. The minimum Gasteiger partial charge on any atom is -0.456 e. The van der Waals surface area contributed by atoms with Gasteiger partial charge >= 0.3 is 0 Å². The van der Waals surface area contributed by atoms with Gasteiger partial charge in [-0.3, -0.25) is 0 Å². The highest BCUT2D eigenvalue weighted by molar-refractivity contribution is 9.10. The number of halogens is 1. The predicted molar refractivity (Wildman–Crippen MR) is 194 cm³/mol. The summed E-state index contributed by atoms with van der Waals surface area (Å²) in [5.41, 5.74) is 6.52. The van der Waals surface area contributed by atoms with Crippen LogP contribution in [0.2, 0.25) is 0 Å². The molecule has 0 saturated heterocycles. The van der Waals surface area contributed by atoms with E-state index < -0.39 is 0 Å². The smallest absolute Gasteiger partial charge is 0.159 e. The zero-order chi connectivity index (χ0) is 29.6. The Hall–Kier alpha value is -5.10. The van der Waals surface area contributed by atoms with Gasteiger partial charge in [-0.05, 0) is 71.4 Å². The summed E-state index contributed by atoms with van der Waals surface area (Å²) in [6.45, 7) is 0. The summed E-state index contributed by atoms with van der Waals surface area (Å²) < 4.78 is 16.4. The van der Waals surface area contributed by atoms with Gasteiger partial charge in [0, 0.05) is 57.6 Å². The van der Waals surface area contributed by atoms with E-state index in [1.54, 1.807) is 0 Å². The summed E-state index contributed by atoms with van der Waals surface area (Å²) in [5, 5.41) is 9.43. The van der Waals surface area contributed by atoms with E-state index in [4.69, 9.17) is 8.83 Å². The Balaban J connectivity index is 1.28. The van der Waals surface area contributed by atoms with E-state index >= 15 is 0 Å². The van der Waals surface area contributed by atoms with Crippen LogP contribution in [0.5, 0.6) is 0 Å². The fourth-order valence-corrected chi connectivity index (χ4v) is 8.52. The normalized spacial score (nSPS) is 12.1. The molecule has 212 valence electrons. The molecular formula is C40H22BrNO2S. The van der Waals surface area contributed by atoms with Crippen LogP contribution in [0.3, 0.4) is 0 Å². The van der Waals surface area contributed by atoms with Crippen LogP contribution in [0.15, 0.2) is 147 Å². The zero-order valence-electron chi connectivity index (χ0n) is 23.8. The highest BCUT2D eigenvalue weighted by Gasteiger charge is 2.22. The molecule has 3 heterocycles. The lowest BCUT2D eigenvalue weighted by Gasteiger charge is -2.26. The first-order valence-electron chi connectivity index (χ1n) is 14.9. The van der Waals surface area contributed by atoms with Gasteiger partial charge in [-0.25, -0.2) is 0 Å². The SMILES string of the molecule is Brc1cc(N(c2ccc3oc4ccccc4c3c2)c2ccc3sc4c5ccccc5ccc4c3c2)c2oc3ccccc3c2c1. The van der Waals surface area contributed by atoms with Crippen molar-refractivity contribution in [1.82, 2.24) is 0 Å². The van der Waals surface area contributed by atoms with Gasteiger partial charge in [-0.2, -0.15) is 0 Å². The number of para-hydroxylation sites is 2. The summed E-state index contributed by atoms with van der Waals surface area (Å²) in [6, 6.07) is 47.2. The number of fused-ring (bicyclic) bond motifs is 11. The van der Waals surface area contributed by atoms with Gasteiger partial charge < -0.3 is 13.7 Å². The van der Waals surface area contributed by atoms with Crippen molar-refractivity contribution in [2.24, 2.45) is 0 Å². The van der Waals surface area contributed by atoms with Crippen molar-refractivity contribution in [2.45, 2.75) is 0 Å². The second kappa shape index (κ2) is 9.45. The van der Waals surface area contributed by atoms with Gasteiger partial charge in [0.05, 0.1) is 5.69 Å². The maximum atomic E-state index is 6.62. The number of benzene rings is 7. The molecule has 0 aliphatic carbocycles. The number of anilines is 3. The molecule has 3 nitrogen and oxygen atoms in total. The van der Waals surface area contributed by atoms with Crippen molar-refractivity contribution in [1.29, 1.82) is 0 Å². The van der Waals surface area contributed by atoms with Crippen molar-refractivity contribution in [3.05, 3.63) is 138 Å². The Bertz CT molecular complexity index is 2800. The lowest BCUT2D eigenvalue weighted by molar-refractivity contribution is 0.669. The van der Waals surface area contributed by atoms with Crippen LogP contribution in [0.4, 0.5) is 17.1 Å². The Morgan fingerprint density at radius 2 is 1.16 bits per heavy atom. The molecule has 0 radical (unpaired) electrons.